The van der Waals surface area contributed by atoms with Crippen molar-refractivity contribution in [2.24, 2.45) is 0 Å². The highest BCUT2D eigenvalue weighted by atomic mass is 32.2. The lowest BCUT2D eigenvalue weighted by molar-refractivity contribution is 0.414. The maximum atomic E-state index is 13.2. The lowest BCUT2D eigenvalue weighted by Gasteiger charge is -2.14. The normalized spacial score (nSPS) is 10.7. The Hall–Kier alpha value is -3.52. The van der Waals surface area contributed by atoms with Gasteiger partial charge in [-0.25, -0.2) is 0 Å². The lowest BCUT2D eigenvalue weighted by atomic mass is 10.2. The van der Waals surface area contributed by atoms with Crippen LogP contribution in [-0.4, -0.2) is 26.7 Å². The third-order valence-electron chi connectivity index (χ3n) is 4.47. The SMILES string of the molecule is COc1ccc(CSc2nnc(Nc3ccc(C)cc3)c(=O)n2-n2cccc2)cc1. The summed E-state index contributed by atoms with van der Waals surface area (Å²) in [5.41, 5.74) is 2.74. The smallest absolute Gasteiger partial charge is 0.316 e. The molecule has 0 radical (unpaired) electrons. The highest BCUT2D eigenvalue weighted by molar-refractivity contribution is 7.98. The number of aromatic nitrogens is 4. The number of rotatable bonds is 7. The van der Waals surface area contributed by atoms with Gasteiger partial charge < -0.3 is 10.1 Å². The predicted octanol–water partition coefficient (Wildman–Crippen LogP) is 4.10. The number of benzene rings is 2. The fourth-order valence-electron chi connectivity index (χ4n) is 2.84. The van der Waals surface area contributed by atoms with Gasteiger partial charge >= 0.3 is 5.56 Å². The third kappa shape index (κ3) is 4.38. The van der Waals surface area contributed by atoms with Crippen molar-refractivity contribution >= 4 is 23.3 Å². The second-order valence-corrected chi connectivity index (χ2v) is 7.58. The fourth-order valence-corrected chi connectivity index (χ4v) is 3.73. The molecule has 7 nitrogen and oxygen atoms in total. The molecule has 2 aromatic carbocycles. The van der Waals surface area contributed by atoms with Crippen molar-refractivity contribution in [2.75, 3.05) is 12.4 Å². The quantitative estimate of drug-likeness (QED) is 0.455. The number of thioether (sulfide) groups is 1. The summed E-state index contributed by atoms with van der Waals surface area (Å²) < 4.78 is 8.41. The molecule has 30 heavy (non-hydrogen) atoms. The minimum absolute atomic E-state index is 0.168. The average molecular weight is 420 g/mol. The van der Waals surface area contributed by atoms with Gasteiger partial charge in [-0.1, -0.05) is 41.6 Å². The van der Waals surface area contributed by atoms with Gasteiger partial charge in [0.15, 0.2) is 0 Å². The first-order valence-electron chi connectivity index (χ1n) is 9.37. The van der Waals surface area contributed by atoms with E-state index < -0.39 is 0 Å². The molecule has 8 heteroatoms. The number of nitrogens with one attached hydrogen (secondary N) is 1. The Morgan fingerprint density at radius 2 is 1.70 bits per heavy atom. The van der Waals surface area contributed by atoms with E-state index in [4.69, 9.17) is 4.74 Å². The van der Waals surface area contributed by atoms with Crippen LogP contribution in [-0.2, 0) is 5.75 Å². The Morgan fingerprint density at radius 1 is 1.00 bits per heavy atom. The van der Waals surface area contributed by atoms with E-state index in [-0.39, 0.29) is 11.4 Å². The zero-order valence-corrected chi connectivity index (χ0v) is 17.5. The van der Waals surface area contributed by atoms with E-state index in [0.717, 1.165) is 22.6 Å². The zero-order valence-electron chi connectivity index (χ0n) is 16.6. The third-order valence-corrected chi connectivity index (χ3v) is 5.46. The molecule has 152 valence electrons. The van der Waals surface area contributed by atoms with E-state index >= 15 is 0 Å². The van der Waals surface area contributed by atoms with Crippen molar-refractivity contribution < 1.29 is 4.74 Å². The minimum Gasteiger partial charge on any atom is -0.497 e. The second kappa shape index (κ2) is 8.87. The average Bonchev–Trinajstić information content (AvgIpc) is 3.30. The molecule has 0 saturated carbocycles. The molecule has 4 aromatic rings. The van der Waals surface area contributed by atoms with Gasteiger partial charge in [0.2, 0.25) is 11.0 Å². The Bertz CT molecular complexity index is 1170. The molecule has 0 unspecified atom stereocenters. The molecule has 0 aliphatic rings. The van der Waals surface area contributed by atoms with Gasteiger partial charge in [0, 0.05) is 23.8 Å². The molecule has 0 saturated heterocycles. The second-order valence-electron chi connectivity index (χ2n) is 6.64. The first kappa shape index (κ1) is 19.8. The van der Waals surface area contributed by atoms with Crippen molar-refractivity contribution in [1.29, 1.82) is 0 Å². The monoisotopic (exact) mass is 419 g/mol. The molecule has 0 fully saturated rings. The van der Waals surface area contributed by atoms with Gasteiger partial charge in [0.25, 0.3) is 0 Å². The zero-order chi connectivity index (χ0) is 20.9. The Balaban J connectivity index is 1.63. The Morgan fingerprint density at radius 3 is 2.37 bits per heavy atom. The van der Waals surface area contributed by atoms with Gasteiger partial charge in [-0.15, -0.1) is 10.2 Å². The van der Waals surface area contributed by atoms with Gasteiger partial charge in [0.1, 0.15) is 5.75 Å². The van der Waals surface area contributed by atoms with E-state index in [9.17, 15) is 4.79 Å². The van der Waals surface area contributed by atoms with Crippen molar-refractivity contribution in [2.45, 2.75) is 17.8 Å². The summed E-state index contributed by atoms with van der Waals surface area (Å²) in [7, 11) is 1.64. The van der Waals surface area contributed by atoms with Crippen molar-refractivity contribution in [3.63, 3.8) is 0 Å². The maximum Gasteiger partial charge on any atom is 0.316 e. The lowest BCUT2D eigenvalue weighted by Crippen LogP contribution is -2.30. The molecule has 2 aromatic heterocycles. The number of anilines is 2. The van der Waals surface area contributed by atoms with Crippen LogP contribution >= 0.6 is 11.8 Å². The van der Waals surface area contributed by atoms with Gasteiger partial charge in [-0.05, 0) is 48.9 Å². The van der Waals surface area contributed by atoms with Crippen LogP contribution in [0.5, 0.6) is 5.75 Å². The van der Waals surface area contributed by atoms with Crippen molar-refractivity contribution in [1.82, 2.24) is 19.5 Å². The first-order chi connectivity index (χ1) is 14.6. The Kier molecular flexibility index (Phi) is 5.85. The molecule has 0 bridgehead atoms. The van der Waals surface area contributed by atoms with E-state index in [1.165, 1.54) is 16.4 Å². The van der Waals surface area contributed by atoms with Crippen LogP contribution in [0.2, 0.25) is 0 Å². The number of methoxy groups -OCH3 is 1. The van der Waals surface area contributed by atoms with Crippen LogP contribution in [0.3, 0.4) is 0 Å². The van der Waals surface area contributed by atoms with Crippen molar-refractivity contribution in [3.8, 4) is 5.75 Å². The van der Waals surface area contributed by atoms with Crippen LogP contribution < -0.4 is 15.6 Å². The van der Waals surface area contributed by atoms with E-state index in [1.54, 1.807) is 24.2 Å². The van der Waals surface area contributed by atoms with Crippen LogP contribution in [0.1, 0.15) is 11.1 Å². The van der Waals surface area contributed by atoms with Crippen molar-refractivity contribution in [3.05, 3.63) is 94.5 Å². The maximum absolute atomic E-state index is 13.2. The summed E-state index contributed by atoms with van der Waals surface area (Å²) >= 11 is 1.44. The molecule has 1 N–H and O–H groups in total. The fraction of sp³-hybridized carbons (Fsp3) is 0.136. The number of hydrogen-bond acceptors (Lipinski definition) is 6. The molecule has 0 atom stereocenters. The molecule has 2 heterocycles. The Labute approximate surface area is 178 Å². The van der Waals surface area contributed by atoms with Gasteiger partial charge in [-0.2, -0.15) is 4.68 Å². The molecule has 4 rings (SSSR count). The molecule has 0 aliphatic carbocycles. The molecule has 0 spiro atoms. The number of aryl methyl sites for hydroxylation is 1. The molecule has 0 amide bonds. The minimum atomic E-state index is -0.279. The van der Waals surface area contributed by atoms with Gasteiger partial charge in [0.05, 0.1) is 7.11 Å². The summed E-state index contributed by atoms with van der Waals surface area (Å²) in [6.07, 6.45) is 3.60. The molecular weight excluding hydrogens is 398 g/mol. The largest absolute Gasteiger partial charge is 0.497 e. The molecular formula is C22H21N5O2S. The summed E-state index contributed by atoms with van der Waals surface area (Å²) in [6, 6.07) is 19.3. The van der Waals surface area contributed by atoms with Crippen LogP contribution in [0.4, 0.5) is 11.5 Å². The standard InChI is InChI=1S/C22H21N5O2S/c1-16-5-9-18(10-6-16)23-20-21(28)27(26-13-3-4-14-26)22(25-24-20)30-15-17-7-11-19(29-2)12-8-17/h3-14H,15H2,1-2H3,(H,23,24). The summed E-state index contributed by atoms with van der Waals surface area (Å²) in [4.78, 5) is 13.2. The first-order valence-corrected chi connectivity index (χ1v) is 10.4. The number of hydrogen-bond donors (Lipinski definition) is 1. The number of nitrogens with zero attached hydrogens (tertiary/aromatic N) is 4. The number of ether oxygens (including phenoxy) is 1. The van der Waals surface area contributed by atoms with Crippen LogP contribution in [0.25, 0.3) is 0 Å². The highest BCUT2D eigenvalue weighted by Crippen LogP contribution is 2.22. The topological polar surface area (TPSA) is 74.0 Å². The van der Waals surface area contributed by atoms with E-state index in [1.807, 2.05) is 67.6 Å². The van der Waals surface area contributed by atoms with Gasteiger partial charge in [-0.3, -0.25) is 9.47 Å². The van der Waals surface area contributed by atoms with E-state index in [0.29, 0.717) is 10.9 Å². The van der Waals surface area contributed by atoms with Crippen LogP contribution in [0.15, 0.2) is 83.0 Å². The predicted molar refractivity (Wildman–Crippen MR) is 119 cm³/mol. The summed E-state index contributed by atoms with van der Waals surface area (Å²) in [5.74, 6) is 1.62. The summed E-state index contributed by atoms with van der Waals surface area (Å²) in [6.45, 7) is 2.01. The van der Waals surface area contributed by atoms with Crippen LogP contribution in [0, 0.1) is 6.92 Å². The summed E-state index contributed by atoms with van der Waals surface area (Å²) in [5, 5.41) is 12.1. The molecule has 0 aliphatic heterocycles. The highest BCUT2D eigenvalue weighted by Gasteiger charge is 2.14. The van der Waals surface area contributed by atoms with E-state index in [2.05, 4.69) is 15.5 Å².